The molecule has 3 rings (SSSR count). The van der Waals surface area contributed by atoms with E-state index < -0.39 is 6.10 Å². The summed E-state index contributed by atoms with van der Waals surface area (Å²) in [4.78, 5) is 29.6. The number of hydrogen-bond donors (Lipinski definition) is 0. The molecule has 0 aromatic heterocycles. The number of carbonyl (C=O) groups excluding carboxylic acids is 2. The average Bonchev–Trinajstić information content (AvgIpc) is 3.08. The van der Waals surface area contributed by atoms with E-state index in [0.29, 0.717) is 43.3 Å². The fraction of sp³-hybridized carbons (Fsp3) is 0.500. The summed E-state index contributed by atoms with van der Waals surface area (Å²) < 4.78 is 10.6. The molecule has 0 unspecified atom stereocenters. The summed E-state index contributed by atoms with van der Waals surface area (Å²) in [6.07, 6.45) is -1.25. The van der Waals surface area contributed by atoms with Crippen LogP contribution in [0, 0.1) is 11.3 Å². The van der Waals surface area contributed by atoms with Crippen LogP contribution < -0.4 is 4.90 Å². The Hall–Kier alpha value is -2.50. The van der Waals surface area contributed by atoms with Crippen LogP contribution in [0.3, 0.4) is 0 Å². The maximum absolute atomic E-state index is 12.8. The normalized spacial score (nSPS) is 22.5. The monoisotopic (exact) mass is 392 g/mol. The average molecular weight is 393 g/mol. The van der Waals surface area contributed by atoms with E-state index >= 15 is 0 Å². The number of carbonyl (C=O) groups is 2. The first-order valence-electron chi connectivity index (χ1n) is 8.68. The number of nitriles is 1. The molecule has 0 bridgehead atoms. The molecule has 0 saturated carbocycles. The molecule has 0 spiro atoms. The van der Waals surface area contributed by atoms with E-state index in [1.807, 2.05) is 17.9 Å². The van der Waals surface area contributed by atoms with Gasteiger partial charge in [-0.25, -0.2) is 4.79 Å². The lowest BCUT2D eigenvalue weighted by molar-refractivity contribution is -0.143. The van der Waals surface area contributed by atoms with E-state index in [1.165, 1.54) is 7.11 Å². The summed E-state index contributed by atoms with van der Waals surface area (Å²) in [7, 11) is 1.34. The number of methoxy groups -OCH3 is 1. The van der Waals surface area contributed by atoms with Crippen molar-refractivity contribution in [3.8, 4) is 6.07 Å². The molecule has 2 amide bonds. The lowest BCUT2D eigenvalue weighted by atomic mass is 10.2. The maximum atomic E-state index is 12.8. The number of anilines is 1. The van der Waals surface area contributed by atoms with Crippen LogP contribution in [0.1, 0.15) is 12.5 Å². The SMILES string of the molecule is COC(=O)N1CCN(C(=O)[C@@H]2CN(c3ccc(C#N)c(Cl)c3)[C@@H](C)O2)CC1. The van der Waals surface area contributed by atoms with Gasteiger partial charge in [0, 0.05) is 31.9 Å². The Morgan fingerprint density at radius 1 is 1.26 bits per heavy atom. The smallest absolute Gasteiger partial charge is 0.409 e. The van der Waals surface area contributed by atoms with Gasteiger partial charge in [0.15, 0.2) is 6.10 Å². The first-order valence-corrected chi connectivity index (χ1v) is 9.06. The molecule has 2 atom stereocenters. The van der Waals surface area contributed by atoms with Crippen molar-refractivity contribution >= 4 is 29.3 Å². The number of benzene rings is 1. The summed E-state index contributed by atoms with van der Waals surface area (Å²) in [5, 5.41) is 9.37. The quantitative estimate of drug-likeness (QED) is 0.761. The van der Waals surface area contributed by atoms with Gasteiger partial charge in [0.05, 0.1) is 24.2 Å². The lowest BCUT2D eigenvalue weighted by Gasteiger charge is -2.34. The number of piperazine rings is 1. The van der Waals surface area contributed by atoms with E-state index in [9.17, 15) is 9.59 Å². The Balaban J connectivity index is 1.63. The molecule has 1 aromatic rings. The second-order valence-electron chi connectivity index (χ2n) is 6.43. The van der Waals surface area contributed by atoms with Crippen LogP contribution in [0.15, 0.2) is 18.2 Å². The lowest BCUT2D eigenvalue weighted by Crippen LogP contribution is -2.53. The Morgan fingerprint density at radius 2 is 1.93 bits per heavy atom. The first-order chi connectivity index (χ1) is 12.9. The fourth-order valence-electron chi connectivity index (χ4n) is 3.35. The van der Waals surface area contributed by atoms with E-state index in [2.05, 4.69) is 0 Å². The second-order valence-corrected chi connectivity index (χ2v) is 6.84. The molecule has 0 aliphatic carbocycles. The van der Waals surface area contributed by atoms with Crippen molar-refractivity contribution in [2.75, 3.05) is 44.7 Å². The highest BCUT2D eigenvalue weighted by Gasteiger charge is 2.38. The molecule has 0 N–H and O–H groups in total. The van der Waals surface area contributed by atoms with Crippen molar-refractivity contribution in [2.45, 2.75) is 19.3 Å². The van der Waals surface area contributed by atoms with Gasteiger partial charge in [0.2, 0.25) is 0 Å². The standard InChI is InChI=1S/C18H21ClN4O4/c1-12-23(14-4-3-13(10-20)15(19)9-14)11-16(27-12)17(24)21-5-7-22(8-6-21)18(25)26-2/h3-4,9,12,16H,5-8,11H2,1-2H3/t12-,16+/m1/s1. The van der Waals surface area contributed by atoms with E-state index in [-0.39, 0.29) is 18.2 Å². The third-order valence-corrected chi connectivity index (χ3v) is 5.18. The van der Waals surface area contributed by atoms with Gasteiger partial charge in [-0.3, -0.25) is 4.79 Å². The van der Waals surface area contributed by atoms with Crippen LogP contribution in [-0.4, -0.2) is 74.0 Å². The van der Waals surface area contributed by atoms with Gasteiger partial charge in [-0.2, -0.15) is 5.26 Å². The van der Waals surface area contributed by atoms with Gasteiger partial charge in [0.1, 0.15) is 12.3 Å². The predicted molar refractivity (Wildman–Crippen MR) is 98.4 cm³/mol. The summed E-state index contributed by atoms with van der Waals surface area (Å²) in [5.41, 5.74) is 1.21. The molecule has 2 saturated heterocycles. The number of halogens is 1. The van der Waals surface area contributed by atoms with Crippen LogP contribution in [-0.2, 0) is 14.3 Å². The van der Waals surface area contributed by atoms with Crippen molar-refractivity contribution in [2.24, 2.45) is 0 Å². The van der Waals surface area contributed by atoms with Crippen molar-refractivity contribution in [3.05, 3.63) is 28.8 Å². The Kier molecular flexibility index (Phi) is 5.73. The fourth-order valence-corrected chi connectivity index (χ4v) is 3.57. The summed E-state index contributed by atoms with van der Waals surface area (Å²) in [5.74, 6) is -0.0893. The minimum absolute atomic E-state index is 0.0893. The van der Waals surface area contributed by atoms with Crippen LogP contribution in [0.4, 0.5) is 10.5 Å². The molecule has 27 heavy (non-hydrogen) atoms. The minimum Gasteiger partial charge on any atom is -0.453 e. The Labute approximate surface area is 162 Å². The Morgan fingerprint density at radius 3 is 2.52 bits per heavy atom. The second kappa shape index (κ2) is 8.03. The summed E-state index contributed by atoms with van der Waals surface area (Å²) in [6, 6.07) is 7.20. The van der Waals surface area contributed by atoms with Crippen LogP contribution in [0.5, 0.6) is 0 Å². The highest BCUT2D eigenvalue weighted by atomic mass is 35.5. The zero-order valence-electron chi connectivity index (χ0n) is 15.2. The van der Waals surface area contributed by atoms with Crippen LogP contribution in [0.25, 0.3) is 0 Å². The van der Waals surface area contributed by atoms with E-state index in [4.69, 9.17) is 26.3 Å². The van der Waals surface area contributed by atoms with Gasteiger partial charge in [-0.15, -0.1) is 0 Å². The predicted octanol–water partition coefficient (Wildman–Crippen LogP) is 1.67. The molecule has 2 fully saturated rings. The largest absolute Gasteiger partial charge is 0.453 e. The third kappa shape index (κ3) is 3.94. The molecule has 0 radical (unpaired) electrons. The number of rotatable bonds is 2. The molecule has 2 heterocycles. The number of ether oxygens (including phenoxy) is 2. The topological polar surface area (TPSA) is 86.1 Å². The van der Waals surface area contributed by atoms with Gasteiger partial charge < -0.3 is 24.2 Å². The molecular formula is C18H21ClN4O4. The summed E-state index contributed by atoms with van der Waals surface area (Å²) >= 11 is 6.12. The molecule has 1 aromatic carbocycles. The van der Waals surface area contributed by atoms with Crippen molar-refractivity contribution < 1.29 is 19.1 Å². The van der Waals surface area contributed by atoms with Gasteiger partial charge >= 0.3 is 6.09 Å². The zero-order chi connectivity index (χ0) is 19.6. The molecule has 2 aliphatic heterocycles. The Bertz CT molecular complexity index is 773. The number of amides is 2. The molecule has 9 heteroatoms. The van der Waals surface area contributed by atoms with E-state index in [0.717, 1.165) is 5.69 Å². The van der Waals surface area contributed by atoms with Crippen LogP contribution in [0.2, 0.25) is 5.02 Å². The minimum atomic E-state index is -0.584. The van der Waals surface area contributed by atoms with Gasteiger partial charge in [-0.05, 0) is 25.1 Å². The highest BCUT2D eigenvalue weighted by Crippen LogP contribution is 2.29. The molecule has 8 nitrogen and oxygen atoms in total. The van der Waals surface area contributed by atoms with Gasteiger partial charge in [-0.1, -0.05) is 11.6 Å². The van der Waals surface area contributed by atoms with Crippen LogP contribution >= 0.6 is 11.6 Å². The molecule has 2 aliphatic rings. The maximum Gasteiger partial charge on any atom is 0.409 e. The van der Waals surface area contributed by atoms with Crippen molar-refractivity contribution in [1.29, 1.82) is 5.26 Å². The number of hydrogen-bond acceptors (Lipinski definition) is 6. The van der Waals surface area contributed by atoms with E-state index in [1.54, 1.807) is 28.0 Å². The first kappa shape index (κ1) is 19.3. The van der Waals surface area contributed by atoms with Crippen molar-refractivity contribution in [1.82, 2.24) is 9.80 Å². The third-order valence-electron chi connectivity index (χ3n) is 4.87. The highest BCUT2D eigenvalue weighted by molar-refractivity contribution is 6.32. The summed E-state index contributed by atoms with van der Waals surface area (Å²) in [6.45, 7) is 4.05. The van der Waals surface area contributed by atoms with Crippen molar-refractivity contribution in [3.63, 3.8) is 0 Å². The zero-order valence-corrected chi connectivity index (χ0v) is 16.0. The molecule has 144 valence electrons. The number of nitrogens with zero attached hydrogens (tertiary/aromatic N) is 4. The molecular weight excluding hydrogens is 372 g/mol. The van der Waals surface area contributed by atoms with Gasteiger partial charge in [0.25, 0.3) is 5.91 Å².